The number of rotatable bonds is 2. The first-order valence-corrected chi connectivity index (χ1v) is 8.56. The summed E-state index contributed by atoms with van der Waals surface area (Å²) < 4.78 is 6.32. The third-order valence-corrected chi connectivity index (χ3v) is 4.78. The van der Waals surface area contributed by atoms with Crippen LogP contribution in [0.15, 0.2) is 22.7 Å². The Labute approximate surface area is 145 Å². The maximum absolute atomic E-state index is 12.0. The molecule has 22 heavy (non-hydrogen) atoms. The lowest BCUT2D eigenvalue weighted by Crippen LogP contribution is -2.49. The molecule has 0 aliphatic carbocycles. The standard InChI is InChI=1S/C16H22BrClN2O2/c1-16(2,3)22-15(21)20-9-7-19(8-10-20)11-12-5-4-6-13(17)14(12)18/h4-6H,7-11H2,1-3H3. The van der Waals surface area contributed by atoms with Crippen LogP contribution in [0.25, 0.3) is 0 Å². The number of halogens is 2. The molecular weight excluding hydrogens is 368 g/mol. The van der Waals surface area contributed by atoms with Crippen molar-refractivity contribution in [3.8, 4) is 0 Å². The molecule has 0 aromatic heterocycles. The van der Waals surface area contributed by atoms with Gasteiger partial charge in [-0.15, -0.1) is 0 Å². The Morgan fingerprint density at radius 1 is 1.27 bits per heavy atom. The Morgan fingerprint density at radius 3 is 2.50 bits per heavy atom. The van der Waals surface area contributed by atoms with Gasteiger partial charge in [-0.3, -0.25) is 4.90 Å². The SMILES string of the molecule is CC(C)(C)OC(=O)N1CCN(Cc2cccc(Br)c2Cl)CC1. The molecule has 1 saturated heterocycles. The molecule has 1 aromatic rings. The number of carbonyl (C=O) groups is 1. The molecule has 1 amide bonds. The van der Waals surface area contributed by atoms with Crippen LogP contribution in [0.4, 0.5) is 4.79 Å². The smallest absolute Gasteiger partial charge is 0.410 e. The minimum absolute atomic E-state index is 0.229. The van der Waals surface area contributed by atoms with E-state index in [2.05, 4.69) is 20.8 Å². The fourth-order valence-corrected chi connectivity index (χ4v) is 2.92. The van der Waals surface area contributed by atoms with Crippen molar-refractivity contribution in [1.29, 1.82) is 0 Å². The number of carbonyl (C=O) groups excluding carboxylic acids is 1. The molecule has 0 radical (unpaired) electrons. The minimum Gasteiger partial charge on any atom is -0.444 e. The highest BCUT2D eigenvalue weighted by Gasteiger charge is 2.26. The summed E-state index contributed by atoms with van der Waals surface area (Å²) >= 11 is 9.75. The van der Waals surface area contributed by atoms with Gasteiger partial charge in [0.25, 0.3) is 0 Å². The number of amides is 1. The van der Waals surface area contributed by atoms with Crippen molar-refractivity contribution >= 4 is 33.6 Å². The highest BCUT2D eigenvalue weighted by molar-refractivity contribution is 9.10. The van der Waals surface area contributed by atoms with E-state index in [1.165, 1.54) is 0 Å². The van der Waals surface area contributed by atoms with E-state index in [9.17, 15) is 4.79 Å². The molecule has 2 rings (SSSR count). The Hall–Kier alpha value is -0.780. The zero-order valence-corrected chi connectivity index (χ0v) is 15.6. The summed E-state index contributed by atoms with van der Waals surface area (Å²) in [5.41, 5.74) is 0.652. The summed E-state index contributed by atoms with van der Waals surface area (Å²) in [4.78, 5) is 16.1. The Morgan fingerprint density at radius 2 is 1.91 bits per heavy atom. The monoisotopic (exact) mass is 388 g/mol. The summed E-state index contributed by atoms with van der Waals surface area (Å²) in [6.07, 6.45) is -0.229. The summed E-state index contributed by atoms with van der Waals surface area (Å²) in [6.45, 7) is 9.45. The molecule has 4 nitrogen and oxygen atoms in total. The first kappa shape index (κ1) is 17.6. The van der Waals surface area contributed by atoms with Crippen molar-refractivity contribution in [3.05, 3.63) is 33.3 Å². The Bertz CT molecular complexity index is 537. The van der Waals surface area contributed by atoms with Crippen LogP contribution in [-0.2, 0) is 11.3 Å². The van der Waals surface area contributed by atoms with E-state index in [0.717, 1.165) is 34.7 Å². The number of hydrogen-bond donors (Lipinski definition) is 0. The van der Waals surface area contributed by atoms with E-state index < -0.39 is 5.60 Å². The molecule has 1 heterocycles. The van der Waals surface area contributed by atoms with Gasteiger partial charge in [0.2, 0.25) is 0 Å². The molecule has 0 atom stereocenters. The van der Waals surface area contributed by atoms with Gasteiger partial charge in [0.05, 0.1) is 5.02 Å². The average molecular weight is 390 g/mol. The second kappa shape index (κ2) is 7.20. The molecule has 0 saturated carbocycles. The molecular formula is C16H22BrClN2O2. The maximum Gasteiger partial charge on any atom is 0.410 e. The normalized spacial score (nSPS) is 16.7. The number of nitrogens with zero attached hydrogens (tertiary/aromatic N) is 2. The van der Waals surface area contributed by atoms with Crippen molar-refractivity contribution in [3.63, 3.8) is 0 Å². The van der Waals surface area contributed by atoms with Gasteiger partial charge in [0.15, 0.2) is 0 Å². The fourth-order valence-electron chi connectivity index (χ4n) is 2.33. The zero-order valence-electron chi connectivity index (χ0n) is 13.2. The van der Waals surface area contributed by atoms with Gasteiger partial charge in [0, 0.05) is 37.2 Å². The summed E-state index contributed by atoms with van der Waals surface area (Å²) in [5.74, 6) is 0. The number of benzene rings is 1. The van der Waals surface area contributed by atoms with Gasteiger partial charge >= 0.3 is 6.09 Å². The van der Waals surface area contributed by atoms with Crippen molar-refractivity contribution < 1.29 is 9.53 Å². The van der Waals surface area contributed by atoms with Crippen LogP contribution in [0.5, 0.6) is 0 Å². The van der Waals surface area contributed by atoms with Crippen LogP contribution >= 0.6 is 27.5 Å². The van der Waals surface area contributed by atoms with E-state index in [4.69, 9.17) is 16.3 Å². The van der Waals surface area contributed by atoms with Crippen molar-refractivity contribution in [1.82, 2.24) is 9.80 Å². The van der Waals surface area contributed by atoms with Crippen molar-refractivity contribution in [2.45, 2.75) is 32.9 Å². The van der Waals surface area contributed by atoms with E-state index in [1.54, 1.807) is 4.90 Å². The van der Waals surface area contributed by atoms with E-state index >= 15 is 0 Å². The molecule has 1 fully saturated rings. The van der Waals surface area contributed by atoms with Crippen LogP contribution in [0.1, 0.15) is 26.3 Å². The Balaban J connectivity index is 1.87. The lowest BCUT2D eigenvalue weighted by Gasteiger charge is -2.35. The van der Waals surface area contributed by atoms with Crippen molar-refractivity contribution in [2.75, 3.05) is 26.2 Å². The molecule has 0 spiro atoms. The predicted octanol–water partition coefficient (Wildman–Crippen LogP) is 4.16. The summed E-state index contributed by atoms with van der Waals surface area (Å²) in [6, 6.07) is 5.96. The van der Waals surface area contributed by atoms with Crippen LogP contribution in [0, 0.1) is 0 Å². The first-order chi connectivity index (χ1) is 10.3. The van der Waals surface area contributed by atoms with E-state index in [0.29, 0.717) is 13.1 Å². The first-order valence-electron chi connectivity index (χ1n) is 7.39. The predicted molar refractivity (Wildman–Crippen MR) is 92.2 cm³/mol. The molecule has 0 N–H and O–H groups in total. The second-order valence-electron chi connectivity index (χ2n) is 6.46. The largest absolute Gasteiger partial charge is 0.444 e. The van der Waals surface area contributed by atoms with Gasteiger partial charge in [-0.05, 0) is 48.3 Å². The summed E-state index contributed by atoms with van der Waals surface area (Å²) in [7, 11) is 0. The van der Waals surface area contributed by atoms with Gasteiger partial charge in [0.1, 0.15) is 5.60 Å². The van der Waals surface area contributed by atoms with Crippen LogP contribution < -0.4 is 0 Å². The molecule has 1 aliphatic heterocycles. The second-order valence-corrected chi connectivity index (χ2v) is 7.69. The van der Waals surface area contributed by atoms with Gasteiger partial charge in [-0.25, -0.2) is 4.79 Å². The quantitative estimate of drug-likeness (QED) is 0.761. The highest BCUT2D eigenvalue weighted by atomic mass is 79.9. The highest BCUT2D eigenvalue weighted by Crippen LogP contribution is 2.27. The topological polar surface area (TPSA) is 32.8 Å². The van der Waals surface area contributed by atoms with Gasteiger partial charge in [-0.1, -0.05) is 23.7 Å². The van der Waals surface area contributed by atoms with Gasteiger partial charge in [-0.2, -0.15) is 0 Å². The average Bonchev–Trinajstić information content (AvgIpc) is 2.43. The van der Waals surface area contributed by atoms with Crippen LogP contribution in [0.2, 0.25) is 5.02 Å². The van der Waals surface area contributed by atoms with Crippen LogP contribution in [0.3, 0.4) is 0 Å². The number of hydrogen-bond acceptors (Lipinski definition) is 3. The summed E-state index contributed by atoms with van der Waals surface area (Å²) in [5, 5.41) is 0.761. The van der Waals surface area contributed by atoms with Gasteiger partial charge < -0.3 is 9.64 Å². The van der Waals surface area contributed by atoms with E-state index in [1.807, 2.05) is 39.0 Å². The van der Waals surface area contributed by atoms with Crippen molar-refractivity contribution in [2.24, 2.45) is 0 Å². The third kappa shape index (κ3) is 4.86. The molecule has 6 heteroatoms. The number of ether oxygens (including phenoxy) is 1. The van der Waals surface area contributed by atoms with E-state index in [-0.39, 0.29) is 6.09 Å². The zero-order chi connectivity index (χ0) is 16.3. The third-order valence-electron chi connectivity index (χ3n) is 3.45. The lowest BCUT2D eigenvalue weighted by atomic mass is 10.2. The molecule has 122 valence electrons. The fraction of sp³-hybridized carbons (Fsp3) is 0.562. The number of piperazine rings is 1. The Kier molecular flexibility index (Phi) is 5.75. The lowest BCUT2D eigenvalue weighted by molar-refractivity contribution is 0.0139. The molecule has 0 bridgehead atoms. The maximum atomic E-state index is 12.0. The molecule has 1 aromatic carbocycles. The van der Waals surface area contributed by atoms with Crippen LogP contribution in [-0.4, -0.2) is 47.7 Å². The molecule has 0 unspecified atom stereocenters. The molecule has 1 aliphatic rings. The minimum atomic E-state index is -0.446.